The molecule has 0 N–H and O–H groups in total. The summed E-state index contributed by atoms with van der Waals surface area (Å²) in [6.45, 7) is 0.679. The fraction of sp³-hybridized carbons (Fsp3) is 0.348. The highest BCUT2D eigenvalue weighted by molar-refractivity contribution is 6.24. The van der Waals surface area contributed by atoms with Gasteiger partial charge in [-0.1, -0.05) is 0 Å². The maximum Gasteiger partial charge on any atom is 0.239 e. The molecule has 6 nitrogen and oxygen atoms in total. The lowest BCUT2D eigenvalue weighted by molar-refractivity contribution is -0.123. The molecule has 0 saturated carbocycles. The molecule has 3 aliphatic heterocycles. The molecule has 3 heterocycles. The summed E-state index contributed by atoms with van der Waals surface area (Å²) in [6.07, 6.45) is 1.66. The van der Waals surface area contributed by atoms with Crippen molar-refractivity contribution in [3.63, 3.8) is 0 Å². The Morgan fingerprint density at radius 3 is 2.33 bits per heavy atom. The van der Waals surface area contributed by atoms with Gasteiger partial charge in [-0.05, 0) is 67.9 Å². The summed E-state index contributed by atoms with van der Waals surface area (Å²) in [5, 5.41) is 0. The van der Waals surface area contributed by atoms with Crippen LogP contribution < -0.4 is 9.64 Å². The second-order valence-corrected chi connectivity index (χ2v) is 8.02. The molecule has 3 fully saturated rings. The van der Waals surface area contributed by atoms with Crippen molar-refractivity contribution < 1.29 is 23.5 Å². The van der Waals surface area contributed by atoms with E-state index in [1.165, 1.54) is 29.2 Å². The van der Waals surface area contributed by atoms with Gasteiger partial charge in [-0.15, -0.1) is 0 Å². The summed E-state index contributed by atoms with van der Waals surface area (Å²) in [6, 6.07) is 11.3. The molecular weight excluding hydrogens is 387 g/mol. The normalized spacial score (nSPS) is 28.0. The Bertz CT molecular complexity index is 1020. The van der Waals surface area contributed by atoms with E-state index in [0.29, 0.717) is 23.5 Å². The van der Waals surface area contributed by atoms with E-state index >= 15 is 0 Å². The Kier molecular flexibility index (Phi) is 4.43. The lowest BCUT2D eigenvalue weighted by Gasteiger charge is -2.27. The number of anilines is 1. The highest BCUT2D eigenvalue weighted by atomic mass is 19.1. The van der Waals surface area contributed by atoms with Crippen molar-refractivity contribution in [1.29, 1.82) is 0 Å². The molecule has 0 spiro atoms. The monoisotopic (exact) mass is 408 g/mol. The molecule has 154 valence electrons. The van der Waals surface area contributed by atoms with Gasteiger partial charge < -0.3 is 4.74 Å². The molecule has 30 heavy (non-hydrogen) atoms. The maximum atomic E-state index is 13.4. The molecule has 0 bridgehead atoms. The molecule has 3 aliphatic rings. The molecule has 2 aromatic carbocycles. The van der Waals surface area contributed by atoms with Crippen LogP contribution in [-0.4, -0.2) is 48.2 Å². The van der Waals surface area contributed by atoms with E-state index in [1.807, 2.05) is 4.90 Å². The third-order valence-corrected chi connectivity index (χ3v) is 6.58. The minimum absolute atomic E-state index is 0.121. The van der Waals surface area contributed by atoms with Crippen molar-refractivity contribution in [2.24, 2.45) is 11.8 Å². The average molecular weight is 408 g/mol. The Balaban J connectivity index is 1.52. The molecule has 2 amide bonds. The van der Waals surface area contributed by atoms with E-state index in [0.717, 1.165) is 12.8 Å². The molecule has 0 aromatic heterocycles. The van der Waals surface area contributed by atoms with Gasteiger partial charge in [0.2, 0.25) is 11.8 Å². The number of rotatable bonds is 4. The quantitative estimate of drug-likeness (QED) is 0.575. The smallest absolute Gasteiger partial charge is 0.239 e. The van der Waals surface area contributed by atoms with Crippen LogP contribution in [0.5, 0.6) is 5.75 Å². The molecule has 0 aliphatic carbocycles. The zero-order valence-corrected chi connectivity index (χ0v) is 16.5. The SMILES string of the molecule is COc1ccc(N2C(=O)[C@@H]3[C@H](C2=O)[C@@H]2CCCN2[C@@H]3C(=O)c2ccc(F)cc2)cc1. The number of hydrogen-bond donors (Lipinski definition) is 0. The Labute approximate surface area is 173 Å². The molecule has 7 heteroatoms. The Morgan fingerprint density at radius 1 is 1.00 bits per heavy atom. The van der Waals surface area contributed by atoms with E-state index < -0.39 is 23.7 Å². The van der Waals surface area contributed by atoms with Gasteiger partial charge in [-0.25, -0.2) is 9.29 Å². The van der Waals surface area contributed by atoms with Gasteiger partial charge in [0.15, 0.2) is 5.78 Å². The number of ketones is 1. The van der Waals surface area contributed by atoms with Gasteiger partial charge >= 0.3 is 0 Å². The van der Waals surface area contributed by atoms with Gasteiger partial charge in [-0.3, -0.25) is 19.3 Å². The number of ether oxygens (including phenoxy) is 1. The number of Topliss-reactive ketones (excluding diaryl/α,β-unsaturated/α-hetero) is 1. The third-order valence-electron chi connectivity index (χ3n) is 6.58. The lowest BCUT2D eigenvalue weighted by atomic mass is 9.85. The highest BCUT2D eigenvalue weighted by Crippen LogP contribution is 2.48. The molecule has 4 atom stereocenters. The fourth-order valence-corrected chi connectivity index (χ4v) is 5.29. The van der Waals surface area contributed by atoms with Crippen molar-refractivity contribution in [3.05, 3.63) is 59.9 Å². The van der Waals surface area contributed by atoms with Crippen molar-refractivity contribution in [1.82, 2.24) is 4.90 Å². The molecule has 0 unspecified atom stereocenters. The van der Waals surface area contributed by atoms with Crippen LogP contribution in [-0.2, 0) is 9.59 Å². The Morgan fingerprint density at radius 2 is 1.67 bits per heavy atom. The summed E-state index contributed by atoms with van der Waals surface area (Å²) in [5.74, 6) is -1.87. The van der Waals surface area contributed by atoms with Gasteiger partial charge in [0.1, 0.15) is 11.6 Å². The summed E-state index contributed by atoms with van der Waals surface area (Å²) in [4.78, 5) is 43.3. The van der Waals surface area contributed by atoms with Gasteiger partial charge in [0.05, 0.1) is 30.7 Å². The van der Waals surface area contributed by atoms with Crippen LogP contribution in [0, 0.1) is 17.7 Å². The number of imide groups is 1. The summed E-state index contributed by atoms with van der Waals surface area (Å²) >= 11 is 0. The van der Waals surface area contributed by atoms with E-state index in [4.69, 9.17) is 4.74 Å². The first-order valence-electron chi connectivity index (χ1n) is 10.1. The number of nitrogens with zero attached hydrogens (tertiary/aromatic N) is 2. The van der Waals surface area contributed by atoms with E-state index in [-0.39, 0.29) is 23.6 Å². The number of methoxy groups -OCH3 is 1. The number of amides is 2. The molecule has 5 rings (SSSR count). The van der Waals surface area contributed by atoms with Crippen LogP contribution >= 0.6 is 0 Å². The van der Waals surface area contributed by atoms with Crippen LogP contribution in [0.1, 0.15) is 23.2 Å². The first kappa shape index (κ1) is 18.9. The first-order valence-corrected chi connectivity index (χ1v) is 10.1. The van der Waals surface area contributed by atoms with Crippen LogP contribution in [0.4, 0.5) is 10.1 Å². The second kappa shape index (κ2) is 7.02. The predicted octanol–water partition coefficient (Wildman–Crippen LogP) is 2.67. The van der Waals surface area contributed by atoms with Crippen LogP contribution in [0.25, 0.3) is 0 Å². The largest absolute Gasteiger partial charge is 0.497 e. The summed E-state index contributed by atoms with van der Waals surface area (Å²) in [5.41, 5.74) is 0.841. The van der Waals surface area contributed by atoms with Crippen LogP contribution in [0.15, 0.2) is 48.5 Å². The number of hydrogen-bond acceptors (Lipinski definition) is 5. The minimum atomic E-state index is -0.720. The molecular formula is C23H21FN2O4. The fourth-order valence-electron chi connectivity index (χ4n) is 5.29. The number of halogens is 1. The standard InChI is InChI=1S/C23H21FN2O4/c1-30-16-10-8-15(9-11-16)26-22(28)18-17-3-2-12-25(17)20(19(18)23(26)29)21(27)13-4-6-14(24)7-5-13/h4-11,17-20H,2-3,12H2,1H3/t17-,18+,19+,20-/m0/s1. The zero-order chi connectivity index (χ0) is 21.0. The lowest BCUT2D eigenvalue weighted by Crippen LogP contribution is -2.46. The van der Waals surface area contributed by atoms with Gasteiger partial charge in [0, 0.05) is 11.6 Å². The third kappa shape index (κ3) is 2.69. The average Bonchev–Trinajstić information content (AvgIpc) is 3.40. The predicted molar refractivity (Wildman–Crippen MR) is 107 cm³/mol. The molecule has 0 radical (unpaired) electrons. The van der Waals surface area contributed by atoms with E-state index in [2.05, 4.69) is 0 Å². The molecule has 3 saturated heterocycles. The number of benzene rings is 2. The van der Waals surface area contributed by atoms with Gasteiger partial charge in [-0.2, -0.15) is 0 Å². The summed E-state index contributed by atoms with van der Waals surface area (Å²) in [7, 11) is 1.55. The van der Waals surface area contributed by atoms with Crippen molar-refractivity contribution in [2.75, 3.05) is 18.6 Å². The van der Waals surface area contributed by atoms with Crippen molar-refractivity contribution >= 4 is 23.3 Å². The topological polar surface area (TPSA) is 66.9 Å². The van der Waals surface area contributed by atoms with E-state index in [9.17, 15) is 18.8 Å². The van der Waals surface area contributed by atoms with E-state index in [1.54, 1.807) is 31.4 Å². The first-order chi connectivity index (χ1) is 14.5. The Hall–Kier alpha value is -3.06. The van der Waals surface area contributed by atoms with Crippen molar-refractivity contribution in [3.8, 4) is 5.75 Å². The zero-order valence-electron chi connectivity index (χ0n) is 16.5. The van der Waals surface area contributed by atoms with Crippen molar-refractivity contribution in [2.45, 2.75) is 24.9 Å². The van der Waals surface area contributed by atoms with Gasteiger partial charge in [0.25, 0.3) is 0 Å². The maximum absolute atomic E-state index is 13.4. The number of carbonyl (C=O) groups is 3. The number of fused-ring (bicyclic) bond motifs is 3. The minimum Gasteiger partial charge on any atom is -0.497 e. The second-order valence-electron chi connectivity index (χ2n) is 8.02. The molecule has 2 aromatic rings. The summed E-state index contributed by atoms with van der Waals surface area (Å²) < 4.78 is 18.5. The number of carbonyl (C=O) groups excluding carboxylic acids is 3. The van der Waals surface area contributed by atoms with Crippen LogP contribution in [0.3, 0.4) is 0 Å². The van der Waals surface area contributed by atoms with Crippen LogP contribution in [0.2, 0.25) is 0 Å². The highest BCUT2D eigenvalue weighted by Gasteiger charge is 2.64.